The Hall–Kier alpha value is -0.570. The van der Waals surface area contributed by atoms with Gasteiger partial charge in [0.25, 0.3) is 0 Å². The van der Waals surface area contributed by atoms with Crippen LogP contribution in [0, 0.1) is 17.3 Å². The van der Waals surface area contributed by atoms with E-state index in [-0.39, 0.29) is 11.8 Å². The predicted octanol–water partition coefficient (Wildman–Crippen LogP) is 2.01. The van der Waals surface area contributed by atoms with Gasteiger partial charge in [0.15, 0.2) is 0 Å². The molecular formula is C12H21NO2. The lowest BCUT2D eigenvalue weighted by atomic mass is 9.65. The molecule has 2 saturated carbocycles. The summed E-state index contributed by atoms with van der Waals surface area (Å²) in [6.45, 7) is 0.544. The molecule has 0 radical (unpaired) electrons. The Morgan fingerprint density at radius 3 is 2.73 bits per heavy atom. The Morgan fingerprint density at radius 1 is 1.33 bits per heavy atom. The van der Waals surface area contributed by atoms with Crippen LogP contribution in [0.15, 0.2) is 0 Å². The van der Waals surface area contributed by atoms with Crippen molar-refractivity contribution < 1.29 is 9.90 Å². The van der Waals surface area contributed by atoms with Gasteiger partial charge in [-0.25, -0.2) is 0 Å². The Kier molecular flexibility index (Phi) is 3.01. The number of nitrogens with two attached hydrogens (primary N) is 1. The number of carboxylic acids is 1. The van der Waals surface area contributed by atoms with E-state index in [4.69, 9.17) is 10.8 Å². The summed E-state index contributed by atoms with van der Waals surface area (Å²) in [5, 5.41) is 8.95. The number of hydrogen-bond donors (Lipinski definition) is 2. The van der Waals surface area contributed by atoms with Crippen molar-refractivity contribution in [2.24, 2.45) is 23.0 Å². The molecule has 2 aliphatic rings. The van der Waals surface area contributed by atoms with Crippen LogP contribution in [-0.4, -0.2) is 17.6 Å². The molecule has 0 aromatic carbocycles. The third-order valence-electron chi connectivity index (χ3n) is 4.52. The number of hydrogen-bond acceptors (Lipinski definition) is 2. The van der Waals surface area contributed by atoms with Crippen LogP contribution in [0.4, 0.5) is 0 Å². The van der Waals surface area contributed by atoms with Gasteiger partial charge in [0, 0.05) is 0 Å². The molecule has 3 nitrogen and oxygen atoms in total. The maximum Gasteiger partial charge on any atom is 0.303 e. The van der Waals surface area contributed by atoms with Gasteiger partial charge in [0.05, 0.1) is 6.42 Å². The molecule has 0 amide bonds. The zero-order valence-electron chi connectivity index (χ0n) is 9.24. The molecule has 15 heavy (non-hydrogen) atoms. The minimum Gasteiger partial charge on any atom is -0.481 e. The van der Waals surface area contributed by atoms with Gasteiger partial charge in [0.1, 0.15) is 0 Å². The van der Waals surface area contributed by atoms with Crippen LogP contribution in [0.3, 0.4) is 0 Å². The predicted molar refractivity (Wildman–Crippen MR) is 58.4 cm³/mol. The normalized spacial score (nSPS) is 40.1. The largest absolute Gasteiger partial charge is 0.481 e. The zero-order chi connectivity index (χ0) is 10.9. The maximum absolute atomic E-state index is 10.9. The molecule has 2 rings (SSSR count). The quantitative estimate of drug-likeness (QED) is 0.750. The van der Waals surface area contributed by atoms with E-state index in [0.29, 0.717) is 6.54 Å². The van der Waals surface area contributed by atoms with E-state index in [1.165, 1.54) is 25.7 Å². The number of aliphatic carboxylic acids is 1. The highest BCUT2D eigenvalue weighted by molar-refractivity contribution is 5.67. The van der Waals surface area contributed by atoms with E-state index in [2.05, 4.69) is 0 Å². The van der Waals surface area contributed by atoms with Crippen molar-refractivity contribution in [3.05, 3.63) is 0 Å². The summed E-state index contributed by atoms with van der Waals surface area (Å²) in [4.78, 5) is 10.9. The van der Waals surface area contributed by atoms with E-state index in [1.807, 2.05) is 0 Å². The van der Waals surface area contributed by atoms with E-state index < -0.39 is 5.97 Å². The van der Waals surface area contributed by atoms with Gasteiger partial charge in [-0.1, -0.05) is 19.3 Å². The molecule has 0 heterocycles. The first-order valence-corrected chi connectivity index (χ1v) is 6.07. The molecule has 0 aromatic heterocycles. The molecule has 2 fully saturated rings. The van der Waals surface area contributed by atoms with Gasteiger partial charge in [-0.2, -0.15) is 0 Å². The molecule has 0 bridgehead atoms. The molecule has 0 unspecified atom stereocenters. The molecule has 86 valence electrons. The van der Waals surface area contributed by atoms with Crippen LogP contribution >= 0.6 is 0 Å². The second-order valence-electron chi connectivity index (χ2n) is 5.47. The summed E-state index contributed by atoms with van der Waals surface area (Å²) in [5.41, 5.74) is 5.72. The van der Waals surface area contributed by atoms with E-state index in [9.17, 15) is 4.79 Å². The first kappa shape index (κ1) is 10.9. The van der Waals surface area contributed by atoms with Crippen LogP contribution in [0.25, 0.3) is 0 Å². The molecule has 3 heteroatoms. The highest BCUT2D eigenvalue weighted by atomic mass is 16.4. The lowest BCUT2D eigenvalue weighted by Crippen LogP contribution is -2.39. The molecule has 0 aliphatic heterocycles. The second-order valence-corrected chi connectivity index (χ2v) is 5.47. The third kappa shape index (κ3) is 2.17. The molecule has 0 saturated heterocycles. The van der Waals surface area contributed by atoms with Crippen molar-refractivity contribution >= 4 is 5.97 Å². The number of carboxylic acid groups (broad SMARTS) is 1. The van der Waals surface area contributed by atoms with Crippen LogP contribution in [0.2, 0.25) is 0 Å². The van der Waals surface area contributed by atoms with Crippen molar-refractivity contribution in [1.29, 1.82) is 0 Å². The molecule has 3 atom stereocenters. The third-order valence-corrected chi connectivity index (χ3v) is 4.52. The molecule has 3 N–H and O–H groups in total. The molecular weight excluding hydrogens is 190 g/mol. The lowest BCUT2D eigenvalue weighted by Gasteiger charge is -2.41. The Balaban J connectivity index is 2.04. The summed E-state index contributed by atoms with van der Waals surface area (Å²) < 4.78 is 0. The topological polar surface area (TPSA) is 63.3 Å². The van der Waals surface area contributed by atoms with Gasteiger partial charge >= 0.3 is 5.97 Å². The summed E-state index contributed by atoms with van der Waals surface area (Å²) in [6.07, 6.45) is 7.55. The molecule has 2 aliphatic carbocycles. The second kappa shape index (κ2) is 4.12. The SMILES string of the molecule is NC[C@]1(CC(=O)O)CC[C@H]2CCC[C@@H]2C1. The van der Waals surface area contributed by atoms with Crippen molar-refractivity contribution in [3.63, 3.8) is 0 Å². The van der Waals surface area contributed by atoms with Crippen LogP contribution in [0.1, 0.15) is 44.9 Å². The first-order valence-electron chi connectivity index (χ1n) is 6.07. The Bertz CT molecular complexity index is 254. The average molecular weight is 211 g/mol. The standard InChI is InChI=1S/C12H21NO2/c13-8-12(7-11(14)15)5-4-9-2-1-3-10(9)6-12/h9-10H,1-8,13H2,(H,14,15)/t9-,10-,12-/m1/s1. The lowest BCUT2D eigenvalue weighted by molar-refractivity contribution is -0.140. The minimum absolute atomic E-state index is 0.0860. The van der Waals surface area contributed by atoms with Gasteiger partial charge in [-0.05, 0) is 43.1 Å². The van der Waals surface area contributed by atoms with Crippen molar-refractivity contribution in [2.75, 3.05) is 6.54 Å². The van der Waals surface area contributed by atoms with Gasteiger partial charge in [-0.3, -0.25) is 4.79 Å². The zero-order valence-corrected chi connectivity index (χ0v) is 9.24. The van der Waals surface area contributed by atoms with Crippen LogP contribution < -0.4 is 5.73 Å². The van der Waals surface area contributed by atoms with E-state index in [0.717, 1.165) is 24.7 Å². The fourth-order valence-corrected chi connectivity index (χ4v) is 3.65. The number of rotatable bonds is 3. The van der Waals surface area contributed by atoms with Crippen molar-refractivity contribution in [2.45, 2.75) is 44.9 Å². The number of fused-ring (bicyclic) bond motifs is 1. The summed E-state index contributed by atoms with van der Waals surface area (Å²) >= 11 is 0. The van der Waals surface area contributed by atoms with Crippen LogP contribution in [0.5, 0.6) is 0 Å². The fraction of sp³-hybridized carbons (Fsp3) is 0.917. The van der Waals surface area contributed by atoms with Gasteiger partial charge in [-0.15, -0.1) is 0 Å². The van der Waals surface area contributed by atoms with Crippen LogP contribution in [-0.2, 0) is 4.79 Å². The monoisotopic (exact) mass is 211 g/mol. The minimum atomic E-state index is -0.683. The maximum atomic E-state index is 10.9. The molecule has 0 aromatic rings. The number of carbonyl (C=O) groups is 1. The average Bonchev–Trinajstić information content (AvgIpc) is 2.63. The van der Waals surface area contributed by atoms with E-state index >= 15 is 0 Å². The summed E-state index contributed by atoms with van der Waals surface area (Å²) in [7, 11) is 0. The van der Waals surface area contributed by atoms with Crippen molar-refractivity contribution in [1.82, 2.24) is 0 Å². The Labute approximate surface area is 91.0 Å². The van der Waals surface area contributed by atoms with Gasteiger partial charge in [0.2, 0.25) is 0 Å². The van der Waals surface area contributed by atoms with E-state index in [1.54, 1.807) is 0 Å². The highest BCUT2D eigenvalue weighted by Gasteiger charge is 2.42. The summed E-state index contributed by atoms with van der Waals surface area (Å²) in [6, 6.07) is 0. The van der Waals surface area contributed by atoms with Gasteiger partial charge < -0.3 is 10.8 Å². The highest BCUT2D eigenvalue weighted by Crippen LogP contribution is 2.50. The fourth-order valence-electron chi connectivity index (χ4n) is 3.65. The van der Waals surface area contributed by atoms with Crippen molar-refractivity contribution in [3.8, 4) is 0 Å². The smallest absolute Gasteiger partial charge is 0.303 e. The summed E-state index contributed by atoms with van der Waals surface area (Å²) in [5.74, 6) is 0.956. The first-order chi connectivity index (χ1) is 7.15. The Morgan fingerprint density at radius 2 is 2.07 bits per heavy atom. The molecule has 0 spiro atoms.